The van der Waals surface area contributed by atoms with Crippen LogP contribution in [0.3, 0.4) is 0 Å². The average Bonchev–Trinajstić information content (AvgIpc) is 3.12. The lowest BCUT2D eigenvalue weighted by atomic mass is 9.99. The second-order valence-electron chi connectivity index (χ2n) is 6.59. The van der Waals surface area contributed by atoms with Gasteiger partial charge in [0.05, 0.1) is 17.8 Å². The number of rotatable bonds is 6. The van der Waals surface area contributed by atoms with Gasteiger partial charge in [0, 0.05) is 32.2 Å². The summed E-state index contributed by atoms with van der Waals surface area (Å²) in [5, 5.41) is 4.31. The molecule has 2 aromatic heterocycles. The predicted molar refractivity (Wildman–Crippen MR) is 101 cm³/mol. The Kier molecular flexibility index (Phi) is 5.16. The Hall–Kier alpha value is -1.92. The number of nitrogens with one attached hydrogen (secondary N) is 1. The summed E-state index contributed by atoms with van der Waals surface area (Å²) in [6, 6.07) is 8.48. The molecule has 1 aliphatic rings. The van der Waals surface area contributed by atoms with E-state index >= 15 is 0 Å². The molecule has 1 N–H and O–H groups in total. The van der Waals surface area contributed by atoms with Crippen molar-refractivity contribution < 1.29 is 0 Å². The maximum absolute atomic E-state index is 5.65. The molecule has 0 aromatic carbocycles. The number of pyridine rings is 1. The van der Waals surface area contributed by atoms with Gasteiger partial charge in [0.1, 0.15) is 0 Å². The first-order valence-corrected chi connectivity index (χ1v) is 8.72. The summed E-state index contributed by atoms with van der Waals surface area (Å²) in [6.07, 6.45) is 7.18. The molecular weight excluding hydrogens is 318 g/mol. The molecular formula is C18H25N5S. The van der Waals surface area contributed by atoms with Crippen molar-refractivity contribution in [2.75, 3.05) is 27.2 Å². The fourth-order valence-electron chi connectivity index (χ4n) is 3.27. The van der Waals surface area contributed by atoms with Gasteiger partial charge in [-0.15, -0.1) is 0 Å². The number of thiocarbonyl (C=S) groups is 1. The minimum atomic E-state index is 0.0838. The molecule has 5 nitrogen and oxygen atoms in total. The zero-order chi connectivity index (χ0) is 17.1. The summed E-state index contributed by atoms with van der Waals surface area (Å²) >= 11 is 5.65. The Bertz CT molecular complexity index is 682. The highest BCUT2D eigenvalue weighted by molar-refractivity contribution is 7.80. The molecule has 0 aliphatic carbocycles. The van der Waals surface area contributed by atoms with E-state index in [1.165, 1.54) is 5.56 Å². The largest absolute Gasteiger partial charge is 0.357 e. The standard InChI is InChI=1S/C18H25N5S/c1-21(2)10-6-11-23-17(14-8-12-22(3)13-14)16(20-18(23)24)15-7-4-5-9-19-15/h4-5,7-9,12-13,16-17H,6,10-11H2,1-3H3,(H,20,24)/t16-,17-/m1/s1. The molecule has 24 heavy (non-hydrogen) atoms. The predicted octanol–water partition coefficient (Wildman–Crippen LogP) is 2.34. The smallest absolute Gasteiger partial charge is 0.170 e. The lowest BCUT2D eigenvalue weighted by molar-refractivity contribution is 0.293. The zero-order valence-corrected chi connectivity index (χ0v) is 15.3. The molecule has 128 valence electrons. The van der Waals surface area contributed by atoms with Gasteiger partial charge >= 0.3 is 0 Å². The second kappa shape index (κ2) is 7.32. The van der Waals surface area contributed by atoms with E-state index in [0.29, 0.717) is 0 Å². The number of aryl methyl sites for hydroxylation is 1. The van der Waals surface area contributed by atoms with E-state index in [-0.39, 0.29) is 12.1 Å². The highest BCUT2D eigenvalue weighted by Gasteiger charge is 2.39. The lowest BCUT2D eigenvalue weighted by Crippen LogP contribution is -2.32. The Morgan fingerprint density at radius 3 is 2.75 bits per heavy atom. The molecule has 3 heterocycles. The highest BCUT2D eigenvalue weighted by Crippen LogP contribution is 2.38. The van der Waals surface area contributed by atoms with Gasteiger partial charge in [-0.25, -0.2) is 0 Å². The van der Waals surface area contributed by atoms with Crippen LogP contribution in [0.4, 0.5) is 0 Å². The van der Waals surface area contributed by atoms with E-state index < -0.39 is 0 Å². The summed E-state index contributed by atoms with van der Waals surface area (Å²) in [7, 11) is 6.26. The summed E-state index contributed by atoms with van der Waals surface area (Å²) in [6.45, 7) is 1.99. The van der Waals surface area contributed by atoms with E-state index in [2.05, 4.69) is 70.3 Å². The van der Waals surface area contributed by atoms with E-state index in [4.69, 9.17) is 12.2 Å². The van der Waals surface area contributed by atoms with E-state index in [1.54, 1.807) is 0 Å². The molecule has 0 bridgehead atoms. The van der Waals surface area contributed by atoms with Gasteiger partial charge in [-0.05, 0) is 63.0 Å². The molecule has 1 aliphatic heterocycles. The SMILES string of the molecule is CN(C)CCCN1C(=S)N[C@H](c2ccccn2)[C@H]1c1ccn(C)c1. The lowest BCUT2D eigenvalue weighted by Gasteiger charge is -2.27. The van der Waals surface area contributed by atoms with Gasteiger partial charge in [-0.2, -0.15) is 0 Å². The Morgan fingerprint density at radius 2 is 2.12 bits per heavy atom. The molecule has 2 atom stereocenters. The molecule has 1 fully saturated rings. The van der Waals surface area contributed by atoms with Crippen LogP contribution in [0.25, 0.3) is 0 Å². The fraction of sp³-hybridized carbons (Fsp3) is 0.444. The quantitative estimate of drug-likeness (QED) is 0.815. The van der Waals surface area contributed by atoms with Crippen molar-refractivity contribution in [3.8, 4) is 0 Å². The average molecular weight is 344 g/mol. The van der Waals surface area contributed by atoms with Crippen LogP contribution < -0.4 is 5.32 Å². The van der Waals surface area contributed by atoms with Gasteiger partial charge in [-0.1, -0.05) is 6.07 Å². The van der Waals surface area contributed by atoms with Crippen LogP contribution >= 0.6 is 12.2 Å². The highest BCUT2D eigenvalue weighted by atomic mass is 32.1. The number of hydrogen-bond acceptors (Lipinski definition) is 3. The van der Waals surface area contributed by atoms with Crippen molar-refractivity contribution in [2.24, 2.45) is 7.05 Å². The van der Waals surface area contributed by atoms with E-state index in [0.717, 1.165) is 30.3 Å². The zero-order valence-electron chi connectivity index (χ0n) is 14.5. The van der Waals surface area contributed by atoms with Gasteiger partial charge in [0.25, 0.3) is 0 Å². The van der Waals surface area contributed by atoms with Crippen LogP contribution in [0.15, 0.2) is 42.9 Å². The van der Waals surface area contributed by atoms with Gasteiger partial charge in [-0.3, -0.25) is 4.98 Å². The Balaban J connectivity index is 1.88. The Labute approximate surface area is 149 Å². The third-order valence-corrected chi connectivity index (χ3v) is 4.75. The van der Waals surface area contributed by atoms with E-state index in [9.17, 15) is 0 Å². The molecule has 0 unspecified atom stereocenters. The summed E-state index contributed by atoms with van der Waals surface area (Å²) in [5.41, 5.74) is 2.30. The van der Waals surface area contributed by atoms with Crippen LogP contribution in [0.1, 0.15) is 29.8 Å². The van der Waals surface area contributed by atoms with Crippen molar-refractivity contribution in [3.05, 3.63) is 54.1 Å². The maximum atomic E-state index is 5.65. The first-order chi connectivity index (χ1) is 11.6. The number of hydrogen-bond donors (Lipinski definition) is 1. The minimum Gasteiger partial charge on any atom is -0.357 e. The van der Waals surface area contributed by atoms with Gasteiger partial charge in [0.15, 0.2) is 5.11 Å². The summed E-state index contributed by atoms with van der Waals surface area (Å²) in [4.78, 5) is 9.08. The van der Waals surface area contributed by atoms with Gasteiger partial charge < -0.3 is 19.7 Å². The molecule has 6 heteroatoms. The molecule has 0 amide bonds. The van der Waals surface area contributed by atoms with Gasteiger partial charge in [0.2, 0.25) is 0 Å². The first-order valence-electron chi connectivity index (χ1n) is 8.31. The third kappa shape index (κ3) is 3.60. The monoisotopic (exact) mass is 343 g/mol. The van der Waals surface area contributed by atoms with Crippen LogP contribution in [0.2, 0.25) is 0 Å². The molecule has 1 saturated heterocycles. The number of nitrogens with zero attached hydrogens (tertiary/aromatic N) is 4. The van der Waals surface area contributed by atoms with Crippen molar-refractivity contribution in [1.82, 2.24) is 24.7 Å². The van der Waals surface area contributed by atoms with Crippen LogP contribution in [-0.4, -0.2) is 51.6 Å². The summed E-state index contributed by atoms with van der Waals surface area (Å²) in [5.74, 6) is 0. The normalized spacial score (nSPS) is 20.7. The van der Waals surface area contributed by atoms with Crippen molar-refractivity contribution in [3.63, 3.8) is 0 Å². The second-order valence-corrected chi connectivity index (χ2v) is 6.97. The Morgan fingerprint density at radius 1 is 1.29 bits per heavy atom. The first kappa shape index (κ1) is 16.9. The molecule has 0 saturated carbocycles. The minimum absolute atomic E-state index is 0.0838. The van der Waals surface area contributed by atoms with Crippen LogP contribution in [0.5, 0.6) is 0 Å². The van der Waals surface area contributed by atoms with Crippen LogP contribution in [0, 0.1) is 0 Å². The fourth-order valence-corrected chi connectivity index (χ4v) is 3.60. The maximum Gasteiger partial charge on any atom is 0.170 e. The molecule has 2 aromatic rings. The van der Waals surface area contributed by atoms with E-state index in [1.807, 2.05) is 18.3 Å². The van der Waals surface area contributed by atoms with Crippen molar-refractivity contribution in [2.45, 2.75) is 18.5 Å². The molecule has 0 spiro atoms. The summed E-state index contributed by atoms with van der Waals surface area (Å²) < 4.78 is 2.09. The molecule has 0 radical (unpaired) electrons. The topological polar surface area (TPSA) is 36.3 Å². The third-order valence-electron chi connectivity index (χ3n) is 4.40. The van der Waals surface area contributed by atoms with Crippen molar-refractivity contribution in [1.29, 1.82) is 0 Å². The van der Waals surface area contributed by atoms with Crippen LogP contribution in [-0.2, 0) is 7.05 Å². The molecule has 3 rings (SSSR count). The van der Waals surface area contributed by atoms with Crippen molar-refractivity contribution >= 4 is 17.3 Å². The number of aromatic nitrogens is 2.